The summed E-state index contributed by atoms with van der Waals surface area (Å²) in [6.07, 6.45) is 0.928. The van der Waals surface area contributed by atoms with Gasteiger partial charge in [-0.2, -0.15) is 4.98 Å². The molecule has 108 valence electrons. The molecule has 0 radical (unpaired) electrons. The van der Waals surface area contributed by atoms with E-state index in [0.29, 0.717) is 31.4 Å². The summed E-state index contributed by atoms with van der Waals surface area (Å²) in [5, 5.41) is 3.96. The van der Waals surface area contributed by atoms with Gasteiger partial charge in [0.05, 0.1) is 13.2 Å². The number of hydrogen-bond acceptors (Lipinski definition) is 5. The molecule has 21 heavy (non-hydrogen) atoms. The summed E-state index contributed by atoms with van der Waals surface area (Å²) in [5.74, 6) is 0.784. The quantitative estimate of drug-likeness (QED) is 0.805. The number of aromatic nitrogens is 2. The van der Waals surface area contributed by atoms with Gasteiger partial charge in [0.15, 0.2) is 0 Å². The predicted molar refractivity (Wildman–Crippen MR) is 75.2 cm³/mol. The summed E-state index contributed by atoms with van der Waals surface area (Å²) in [4.78, 5) is 17.7. The van der Waals surface area contributed by atoms with Crippen LogP contribution in [0, 0.1) is 0 Å². The average Bonchev–Trinajstić information content (AvgIpc) is 3.05. The minimum absolute atomic E-state index is 0.116. The molecular weight excluding hydrogens is 270 g/mol. The van der Waals surface area contributed by atoms with Gasteiger partial charge in [0.1, 0.15) is 6.10 Å². The highest BCUT2D eigenvalue weighted by molar-refractivity contribution is 5.87. The molecule has 1 aliphatic heterocycles. The normalized spacial score (nSPS) is 18.5. The molecule has 6 heteroatoms. The Hall–Kier alpha value is -2.47. The summed E-state index contributed by atoms with van der Waals surface area (Å²) in [6, 6.07) is 9.52. The van der Waals surface area contributed by atoms with E-state index in [1.54, 1.807) is 4.90 Å². The Kier molecular flexibility index (Phi) is 3.79. The van der Waals surface area contributed by atoms with Gasteiger partial charge in [0.2, 0.25) is 11.7 Å². The minimum Gasteiger partial charge on any atom is -0.366 e. The third-order valence-electron chi connectivity index (χ3n) is 3.30. The van der Waals surface area contributed by atoms with E-state index in [1.165, 1.54) is 6.08 Å². The molecule has 1 amide bonds. The van der Waals surface area contributed by atoms with Crippen molar-refractivity contribution >= 4 is 5.91 Å². The highest BCUT2D eigenvalue weighted by atomic mass is 16.5. The van der Waals surface area contributed by atoms with Gasteiger partial charge in [-0.3, -0.25) is 4.79 Å². The molecule has 0 saturated carbocycles. The second-order valence-electron chi connectivity index (χ2n) is 4.67. The Morgan fingerprint density at radius 2 is 2.19 bits per heavy atom. The van der Waals surface area contributed by atoms with E-state index < -0.39 is 0 Å². The van der Waals surface area contributed by atoms with Crippen LogP contribution < -0.4 is 0 Å². The lowest BCUT2D eigenvalue weighted by Gasteiger charge is -2.30. The van der Waals surface area contributed by atoms with E-state index in [2.05, 4.69) is 16.7 Å². The summed E-state index contributed by atoms with van der Waals surface area (Å²) >= 11 is 0. The Labute approximate surface area is 122 Å². The smallest absolute Gasteiger partial charge is 0.258 e. The highest BCUT2D eigenvalue weighted by Crippen LogP contribution is 2.23. The average molecular weight is 285 g/mol. The topological polar surface area (TPSA) is 68.5 Å². The SMILES string of the molecule is C=CC(=O)N1CCOC(c2noc(-c3ccccc3)n2)C1. The number of rotatable bonds is 3. The first kappa shape index (κ1) is 13.5. The Morgan fingerprint density at radius 3 is 2.95 bits per heavy atom. The zero-order chi connectivity index (χ0) is 14.7. The second-order valence-corrected chi connectivity index (χ2v) is 4.67. The number of morpholine rings is 1. The van der Waals surface area contributed by atoms with E-state index in [1.807, 2.05) is 30.3 Å². The van der Waals surface area contributed by atoms with Crippen LogP contribution in [-0.2, 0) is 9.53 Å². The van der Waals surface area contributed by atoms with Crippen LogP contribution in [0.25, 0.3) is 11.5 Å². The molecule has 0 aliphatic carbocycles. The molecule has 1 unspecified atom stereocenters. The standard InChI is InChI=1S/C15H15N3O3/c1-2-13(19)18-8-9-20-12(10-18)14-16-15(21-17-14)11-6-4-3-5-7-11/h2-7,12H,1,8-10H2. The van der Waals surface area contributed by atoms with Crippen LogP contribution in [0.2, 0.25) is 0 Å². The number of amides is 1. The van der Waals surface area contributed by atoms with Crippen LogP contribution in [0.1, 0.15) is 11.9 Å². The van der Waals surface area contributed by atoms with Gasteiger partial charge in [-0.15, -0.1) is 0 Å². The summed E-state index contributed by atoms with van der Waals surface area (Å²) in [5.41, 5.74) is 0.853. The van der Waals surface area contributed by atoms with Gasteiger partial charge >= 0.3 is 0 Å². The molecule has 1 atom stereocenters. The molecule has 1 aromatic carbocycles. The zero-order valence-electron chi connectivity index (χ0n) is 11.4. The number of hydrogen-bond donors (Lipinski definition) is 0. The van der Waals surface area contributed by atoms with Gasteiger partial charge in [-0.1, -0.05) is 29.9 Å². The van der Waals surface area contributed by atoms with Crippen molar-refractivity contribution in [3.8, 4) is 11.5 Å². The molecule has 1 aliphatic rings. The lowest BCUT2D eigenvalue weighted by atomic mass is 10.2. The van der Waals surface area contributed by atoms with Crippen molar-refractivity contribution in [3.05, 3.63) is 48.8 Å². The first-order valence-corrected chi connectivity index (χ1v) is 6.70. The minimum atomic E-state index is -0.371. The molecule has 0 N–H and O–H groups in total. The fraction of sp³-hybridized carbons (Fsp3) is 0.267. The molecule has 0 bridgehead atoms. The Morgan fingerprint density at radius 1 is 1.38 bits per heavy atom. The van der Waals surface area contributed by atoms with Gasteiger partial charge in [0.25, 0.3) is 5.89 Å². The molecule has 1 saturated heterocycles. The molecule has 6 nitrogen and oxygen atoms in total. The maximum Gasteiger partial charge on any atom is 0.258 e. The van der Waals surface area contributed by atoms with Crippen molar-refractivity contribution in [2.45, 2.75) is 6.10 Å². The lowest BCUT2D eigenvalue weighted by Crippen LogP contribution is -2.41. The zero-order valence-corrected chi connectivity index (χ0v) is 11.4. The van der Waals surface area contributed by atoms with E-state index >= 15 is 0 Å². The summed E-state index contributed by atoms with van der Waals surface area (Å²) < 4.78 is 10.9. The summed E-state index contributed by atoms with van der Waals surface area (Å²) in [7, 11) is 0. The first-order chi connectivity index (χ1) is 10.3. The van der Waals surface area contributed by atoms with Gasteiger partial charge in [-0.25, -0.2) is 0 Å². The van der Waals surface area contributed by atoms with Crippen molar-refractivity contribution < 1.29 is 14.1 Å². The van der Waals surface area contributed by atoms with Crippen molar-refractivity contribution in [3.63, 3.8) is 0 Å². The fourth-order valence-electron chi connectivity index (χ4n) is 2.20. The molecule has 2 heterocycles. The number of benzene rings is 1. The maximum atomic E-state index is 11.7. The fourth-order valence-corrected chi connectivity index (χ4v) is 2.20. The first-order valence-electron chi connectivity index (χ1n) is 6.70. The Bertz CT molecular complexity index is 639. The van der Waals surface area contributed by atoms with Crippen LogP contribution in [0.15, 0.2) is 47.5 Å². The molecule has 0 spiro atoms. The molecular formula is C15H15N3O3. The van der Waals surface area contributed by atoms with Gasteiger partial charge in [0, 0.05) is 12.1 Å². The highest BCUT2D eigenvalue weighted by Gasteiger charge is 2.28. The predicted octanol–water partition coefficient (Wildman–Crippen LogP) is 1.82. The van der Waals surface area contributed by atoms with E-state index in [4.69, 9.17) is 9.26 Å². The number of carbonyl (C=O) groups excluding carboxylic acids is 1. The van der Waals surface area contributed by atoms with E-state index in [-0.39, 0.29) is 12.0 Å². The van der Waals surface area contributed by atoms with Crippen LogP contribution in [0.5, 0.6) is 0 Å². The number of ether oxygens (including phenoxy) is 1. The maximum absolute atomic E-state index is 11.7. The summed E-state index contributed by atoms with van der Waals surface area (Å²) in [6.45, 7) is 4.89. The van der Waals surface area contributed by atoms with Crippen LogP contribution in [-0.4, -0.2) is 40.6 Å². The lowest BCUT2D eigenvalue weighted by molar-refractivity contribution is -0.134. The molecule has 1 fully saturated rings. The van der Waals surface area contributed by atoms with Crippen molar-refractivity contribution in [2.24, 2.45) is 0 Å². The van der Waals surface area contributed by atoms with Crippen LogP contribution >= 0.6 is 0 Å². The number of carbonyl (C=O) groups is 1. The molecule has 3 rings (SSSR count). The Balaban J connectivity index is 1.77. The third-order valence-corrected chi connectivity index (χ3v) is 3.30. The third kappa shape index (κ3) is 2.85. The van der Waals surface area contributed by atoms with Crippen molar-refractivity contribution in [1.29, 1.82) is 0 Å². The number of nitrogens with zero attached hydrogens (tertiary/aromatic N) is 3. The van der Waals surface area contributed by atoms with E-state index in [0.717, 1.165) is 5.56 Å². The van der Waals surface area contributed by atoms with Crippen molar-refractivity contribution in [1.82, 2.24) is 15.0 Å². The van der Waals surface area contributed by atoms with Gasteiger partial charge < -0.3 is 14.2 Å². The van der Waals surface area contributed by atoms with E-state index in [9.17, 15) is 4.79 Å². The molecule has 2 aromatic rings. The van der Waals surface area contributed by atoms with Crippen LogP contribution in [0.4, 0.5) is 0 Å². The molecule has 1 aromatic heterocycles. The monoisotopic (exact) mass is 285 g/mol. The second kappa shape index (κ2) is 5.88. The van der Waals surface area contributed by atoms with Crippen molar-refractivity contribution in [2.75, 3.05) is 19.7 Å². The van der Waals surface area contributed by atoms with Gasteiger partial charge in [-0.05, 0) is 18.2 Å². The van der Waals surface area contributed by atoms with Crippen LogP contribution in [0.3, 0.4) is 0 Å². The largest absolute Gasteiger partial charge is 0.366 e.